The highest BCUT2D eigenvalue weighted by Gasteiger charge is 2.17. The molecule has 0 amide bonds. The molecule has 5 nitrogen and oxygen atoms in total. The van der Waals surface area contributed by atoms with Crippen LogP contribution in [0.3, 0.4) is 0 Å². The molecule has 1 atom stereocenters. The number of anilines is 1. The molecule has 2 aromatic heterocycles. The van der Waals surface area contributed by atoms with E-state index in [4.69, 9.17) is 9.72 Å². The summed E-state index contributed by atoms with van der Waals surface area (Å²) in [5.41, 5.74) is 4.05. The fourth-order valence-electron chi connectivity index (χ4n) is 3.77. The van der Waals surface area contributed by atoms with Gasteiger partial charge >= 0.3 is 0 Å². The van der Waals surface area contributed by atoms with E-state index in [-0.39, 0.29) is 6.10 Å². The van der Waals surface area contributed by atoms with Crippen molar-refractivity contribution in [2.24, 2.45) is 7.05 Å². The van der Waals surface area contributed by atoms with E-state index in [1.165, 1.54) is 10.8 Å². The normalized spacial score (nSPS) is 17.0. The number of ether oxygens (including phenoxy) is 1. The number of nitrogens with zero attached hydrogens (tertiary/aromatic N) is 3. The number of aryl methyl sites for hydroxylation is 1. The lowest BCUT2D eigenvalue weighted by Gasteiger charge is -2.11. The predicted molar refractivity (Wildman–Crippen MR) is 109 cm³/mol. The zero-order valence-corrected chi connectivity index (χ0v) is 15.4. The third-order valence-electron chi connectivity index (χ3n) is 5.32. The zero-order chi connectivity index (χ0) is 18.2. The summed E-state index contributed by atoms with van der Waals surface area (Å²) in [7, 11) is 2.04. The van der Waals surface area contributed by atoms with Gasteiger partial charge in [0, 0.05) is 25.8 Å². The molecule has 4 aromatic rings. The van der Waals surface area contributed by atoms with E-state index in [0.717, 1.165) is 54.2 Å². The van der Waals surface area contributed by atoms with Crippen molar-refractivity contribution in [2.75, 3.05) is 18.5 Å². The highest BCUT2D eigenvalue weighted by molar-refractivity contribution is 5.88. The number of hydrogen-bond donors (Lipinski definition) is 1. The van der Waals surface area contributed by atoms with Crippen molar-refractivity contribution in [3.63, 3.8) is 0 Å². The van der Waals surface area contributed by atoms with Gasteiger partial charge in [-0.2, -0.15) is 0 Å². The molecule has 136 valence electrons. The van der Waals surface area contributed by atoms with Crippen molar-refractivity contribution in [2.45, 2.75) is 18.9 Å². The smallest absolute Gasteiger partial charge is 0.203 e. The van der Waals surface area contributed by atoms with Gasteiger partial charge in [-0.15, -0.1) is 0 Å². The second-order valence-electron chi connectivity index (χ2n) is 7.13. The fraction of sp³-hybridized carbons (Fsp3) is 0.273. The summed E-state index contributed by atoms with van der Waals surface area (Å²) in [5, 5.41) is 5.89. The predicted octanol–water partition coefficient (Wildman–Crippen LogP) is 4.38. The minimum absolute atomic E-state index is 0.288. The van der Waals surface area contributed by atoms with E-state index >= 15 is 0 Å². The number of fused-ring (bicyclic) bond motifs is 2. The standard InChI is InChI=1S/C22H22N4O/c1-26-21-12-19(17-9-8-15-5-2-3-6-16(15)11-17)23-14-20(21)25-22(26)24-13-18-7-4-10-27-18/h2-3,5-6,8-9,11-12,14,18H,4,7,10,13H2,1H3,(H,24,25). The maximum Gasteiger partial charge on any atom is 0.203 e. The van der Waals surface area contributed by atoms with Gasteiger partial charge < -0.3 is 14.6 Å². The van der Waals surface area contributed by atoms with Crippen molar-refractivity contribution in [1.29, 1.82) is 0 Å². The van der Waals surface area contributed by atoms with Gasteiger partial charge in [0.15, 0.2) is 0 Å². The number of nitrogens with one attached hydrogen (secondary N) is 1. The summed E-state index contributed by atoms with van der Waals surface area (Å²) in [6, 6.07) is 17.0. The van der Waals surface area contributed by atoms with Gasteiger partial charge in [0.05, 0.1) is 23.5 Å². The Labute approximate surface area is 158 Å². The minimum Gasteiger partial charge on any atom is -0.376 e. The number of hydrogen-bond acceptors (Lipinski definition) is 4. The van der Waals surface area contributed by atoms with E-state index in [9.17, 15) is 0 Å². The Bertz CT molecular complexity index is 1110. The molecule has 0 saturated carbocycles. The van der Waals surface area contributed by atoms with E-state index in [2.05, 4.69) is 63.4 Å². The van der Waals surface area contributed by atoms with Gasteiger partial charge in [0.1, 0.15) is 5.52 Å². The van der Waals surface area contributed by atoms with Crippen LogP contribution < -0.4 is 5.32 Å². The SMILES string of the molecule is Cn1c(NCC2CCCO2)nc2cnc(-c3ccc4ccccc4c3)cc21. The Balaban J connectivity index is 1.47. The molecule has 3 heterocycles. The van der Waals surface area contributed by atoms with E-state index in [1.807, 2.05) is 13.2 Å². The van der Waals surface area contributed by atoms with Gasteiger partial charge in [0.25, 0.3) is 0 Å². The third-order valence-corrected chi connectivity index (χ3v) is 5.32. The molecule has 5 rings (SSSR count). The van der Waals surface area contributed by atoms with Gasteiger partial charge in [0.2, 0.25) is 5.95 Å². The highest BCUT2D eigenvalue weighted by atomic mass is 16.5. The van der Waals surface area contributed by atoms with Crippen LogP contribution in [0.4, 0.5) is 5.95 Å². The number of imidazole rings is 1. The number of aromatic nitrogens is 3. The first kappa shape index (κ1) is 16.3. The molecule has 0 spiro atoms. The monoisotopic (exact) mass is 358 g/mol. The van der Waals surface area contributed by atoms with Gasteiger partial charge in [-0.25, -0.2) is 4.98 Å². The highest BCUT2D eigenvalue weighted by Crippen LogP contribution is 2.27. The maximum absolute atomic E-state index is 5.69. The molecule has 1 unspecified atom stereocenters. The minimum atomic E-state index is 0.288. The Morgan fingerprint density at radius 2 is 2.04 bits per heavy atom. The molecule has 27 heavy (non-hydrogen) atoms. The average Bonchev–Trinajstić information content (AvgIpc) is 3.34. The lowest BCUT2D eigenvalue weighted by molar-refractivity contribution is 0.120. The lowest BCUT2D eigenvalue weighted by Crippen LogP contribution is -2.20. The molecule has 5 heteroatoms. The number of benzene rings is 2. The Morgan fingerprint density at radius 1 is 1.15 bits per heavy atom. The van der Waals surface area contributed by atoms with E-state index in [0.29, 0.717) is 0 Å². The molecule has 2 aromatic carbocycles. The summed E-state index contributed by atoms with van der Waals surface area (Å²) in [6.45, 7) is 1.66. The molecule has 0 bridgehead atoms. The van der Waals surface area contributed by atoms with Crippen LogP contribution >= 0.6 is 0 Å². The molecular formula is C22H22N4O. The van der Waals surface area contributed by atoms with Crippen molar-refractivity contribution < 1.29 is 4.74 Å². The van der Waals surface area contributed by atoms with Crippen LogP contribution in [0.15, 0.2) is 54.7 Å². The summed E-state index contributed by atoms with van der Waals surface area (Å²) in [5.74, 6) is 0.859. The van der Waals surface area contributed by atoms with E-state index in [1.54, 1.807) is 0 Å². The molecule has 1 N–H and O–H groups in total. The third kappa shape index (κ3) is 3.04. The molecule has 1 saturated heterocycles. The van der Waals surface area contributed by atoms with Crippen molar-refractivity contribution in [1.82, 2.24) is 14.5 Å². The van der Waals surface area contributed by atoms with Crippen LogP contribution in [0.1, 0.15) is 12.8 Å². The first-order valence-electron chi connectivity index (χ1n) is 9.45. The molecule has 1 aliphatic heterocycles. The largest absolute Gasteiger partial charge is 0.376 e. The quantitative estimate of drug-likeness (QED) is 0.588. The second kappa shape index (κ2) is 6.67. The summed E-state index contributed by atoms with van der Waals surface area (Å²) >= 11 is 0. The number of pyridine rings is 1. The van der Waals surface area contributed by atoms with Crippen LogP contribution in [-0.2, 0) is 11.8 Å². The summed E-state index contributed by atoms with van der Waals surface area (Å²) < 4.78 is 7.78. The lowest BCUT2D eigenvalue weighted by atomic mass is 10.0. The van der Waals surface area contributed by atoms with Gasteiger partial charge in [-0.05, 0) is 35.7 Å². The van der Waals surface area contributed by atoms with Crippen LogP contribution in [0.25, 0.3) is 33.1 Å². The fourth-order valence-corrected chi connectivity index (χ4v) is 3.77. The first-order valence-corrected chi connectivity index (χ1v) is 9.45. The Kier molecular flexibility index (Phi) is 4.02. The van der Waals surface area contributed by atoms with Crippen LogP contribution in [0.2, 0.25) is 0 Å². The number of rotatable bonds is 4. The molecular weight excluding hydrogens is 336 g/mol. The Hall–Kier alpha value is -2.92. The maximum atomic E-state index is 5.69. The molecule has 1 aliphatic rings. The second-order valence-corrected chi connectivity index (χ2v) is 7.13. The van der Waals surface area contributed by atoms with Crippen molar-refractivity contribution in [3.8, 4) is 11.3 Å². The van der Waals surface area contributed by atoms with Crippen LogP contribution in [0.5, 0.6) is 0 Å². The van der Waals surface area contributed by atoms with E-state index < -0.39 is 0 Å². The van der Waals surface area contributed by atoms with Crippen LogP contribution in [0, 0.1) is 0 Å². The first-order chi connectivity index (χ1) is 13.3. The van der Waals surface area contributed by atoms with Crippen molar-refractivity contribution >= 4 is 27.8 Å². The summed E-state index contributed by atoms with van der Waals surface area (Å²) in [6.07, 6.45) is 4.41. The van der Waals surface area contributed by atoms with Gasteiger partial charge in [-0.3, -0.25) is 4.98 Å². The summed E-state index contributed by atoms with van der Waals surface area (Å²) in [4.78, 5) is 9.34. The Morgan fingerprint density at radius 3 is 2.89 bits per heavy atom. The molecule has 0 radical (unpaired) electrons. The molecule has 1 fully saturated rings. The molecule has 0 aliphatic carbocycles. The van der Waals surface area contributed by atoms with Gasteiger partial charge in [-0.1, -0.05) is 36.4 Å². The van der Waals surface area contributed by atoms with Crippen molar-refractivity contribution in [3.05, 3.63) is 54.7 Å². The topological polar surface area (TPSA) is 52.0 Å². The zero-order valence-electron chi connectivity index (χ0n) is 15.4. The van der Waals surface area contributed by atoms with Crippen LogP contribution in [-0.4, -0.2) is 33.8 Å². The average molecular weight is 358 g/mol.